The van der Waals surface area contributed by atoms with Gasteiger partial charge in [-0.3, -0.25) is 0 Å². The van der Waals surface area contributed by atoms with E-state index in [4.69, 9.17) is 0 Å². The third kappa shape index (κ3) is 3.06. The molecule has 2 aliphatic heterocycles. The second-order valence-corrected chi connectivity index (χ2v) is 7.33. The summed E-state index contributed by atoms with van der Waals surface area (Å²) in [6, 6.07) is 5.00. The number of nitrogens with one attached hydrogen (secondary N) is 2. The van der Waals surface area contributed by atoms with Gasteiger partial charge in [0.05, 0.1) is 0 Å². The number of rotatable bonds is 3. The monoisotopic (exact) mass is 274 g/mol. The summed E-state index contributed by atoms with van der Waals surface area (Å²) in [4.78, 5) is 6.92. The molecule has 2 fully saturated rings. The van der Waals surface area contributed by atoms with Crippen molar-refractivity contribution in [3.63, 3.8) is 0 Å². The Morgan fingerprint density at radius 1 is 1.40 bits per heavy atom. The molecule has 0 spiro atoms. The first-order chi connectivity index (χ1) is 9.51. The Morgan fingerprint density at radius 3 is 3.00 bits per heavy atom. The summed E-state index contributed by atoms with van der Waals surface area (Å²) in [5, 5.41) is 7.05. The second kappa shape index (κ2) is 5.24. The Morgan fingerprint density at radius 2 is 2.25 bits per heavy atom. The zero-order valence-corrected chi connectivity index (χ0v) is 12.8. The minimum absolute atomic E-state index is 0.270. The van der Waals surface area contributed by atoms with E-state index in [1.807, 2.05) is 6.20 Å². The lowest BCUT2D eigenvalue weighted by atomic mass is 9.97. The first-order valence-electron chi connectivity index (χ1n) is 7.69. The smallest absolute Gasteiger partial charge is 0.127 e. The fourth-order valence-electron chi connectivity index (χ4n) is 3.13. The van der Waals surface area contributed by atoms with Crippen LogP contribution in [0.5, 0.6) is 0 Å². The first-order valence-corrected chi connectivity index (χ1v) is 7.69. The lowest BCUT2D eigenvalue weighted by molar-refractivity contribution is 0.442. The molecule has 20 heavy (non-hydrogen) atoms. The number of anilines is 2. The summed E-state index contributed by atoms with van der Waals surface area (Å²) in [5.41, 5.74) is 1.57. The van der Waals surface area contributed by atoms with Crippen LogP contribution in [0.3, 0.4) is 0 Å². The molecule has 1 aromatic rings. The highest BCUT2D eigenvalue weighted by Gasteiger charge is 2.35. The molecule has 0 bridgehead atoms. The van der Waals surface area contributed by atoms with Crippen molar-refractivity contribution in [1.82, 2.24) is 10.3 Å². The first kappa shape index (κ1) is 13.7. The zero-order valence-electron chi connectivity index (χ0n) is 12.8. The van der Waals surface area contributed by atoms with Crippen LogP contribution in [0.2, 0.25) is 0 Å². The molecule has 3 rings (SSSR count). The minimum Gasteiger partial charge on any atom is -0.369 e. The van der Waals surface area contributed by atoms with E-state index < -0.39 is 0 Å². The van der Waals surface area contributed by atoms with Crippen LogP contribution in [0, 0.1) is 11.3 Å². The van der Waals surface area contributed by atoms with Gasteiger partial charge in [0.15, 0.2) is 0 Å². The van der Waals surface area contributed by atoms with E-state index in [1.165, 1.54) is 25.2 Å². The van der Waals surface area contributed by atoms with Gasteiger partial charge in [-0.15, -0.1) is 0 Å². The van der Waals surface area contributed by atoms with Gasteiger partial charge >= 0.3 is 0 Å². The van der Waals surface area contributed by atoms with E-state index in [-0.39, 0.29) is 5.41 Å². The molecule has 2 atom stereocenters. The maximum Gasteiger partial charge on any atom is 0.127 e. The number of nitrogens with zero attached hydrogens (tertiary/aromatic N) is 2. The molecule has 3 heterocycles. The molecule has 2 saturated heterocycles. The molecular weight excluding hydrogens is 248 g/mol. The number of hydrogen-bond donors (Lipinski definition) is 2. The van der Waals surface area contributed by atoms with Crippen molar-refractivity contribution in [1.29, 1.82) is 0 Å². The van der Waals surface area contributed by atoms with Gasteiger partial charge in [-0.1, -0.05) is 20.8 Å². The zero-order chi connectivity index (χ0) is 14.2. The topological polar surface area (TPSA) is 40.2 Å². The van der Waals surface area contributed by atoms with Gasteiger partial charge in [0, 0.05) is 43.6 Å². The highest BCUT2D eigenvalue weighted by atomic mass is 15.2. The largest absolute Gasteiger partial charge is 0.369 e. The molecular formula is C16H26N4. The SMILES string of the molecule is CC(C)(C)CNc1cc(N2C[C@H]3CCN[C@H]3C2)ccn1. The molecule has 1 aromatic heterocycles. The predicted molar refractivity (Wildman–Crippen MR) is 84.3 cm³/mol. The summed E-state index contributed by atoms with van der Waals surface area (Å²) in [7, 11) is 0. The Labute approximate surface area is 122 Å². The van der Waals surface area contributed by atoms with Crippen LogP contribution in [-0.2, 0) is 0 Å². The molecule has 4 heteroatoms. The van der Waals surface area contributed by atoms with Gasteiger partial charge in [-0.05, 0) is 30.4 Å². The number of hydrogen-bond acceptors (Lipinski definition) is 4. The normalized spacial score (nSPS) is 25.9. The second-order valence-electron chi connectivity index (χ2n) is 7.33. The quantitative estimate of drug-likeness (QED) is 0.887. The summed E-state index contributed by atoms with van der Waals surface area (Å²) < 4.78 is 0. The van der Waals surface area contributed by atoms with E-state index in [0.29, 0.717) is 6.04 Å². The molecule has 2 aliphatic rings. The van der Waals surface area contributed by atoms with Crippen molar-refractivity contribution < 1.29 is 0 Å². The van der Waals surface area contributed by atoms with Crippen molar-refractivity contribution in [2.75, 3.05) is 36.4 Å². The van der Waals surface area contributed by atoms with Crippen LogP contribution in [-0.4, -0.2) is 37.2 Å². The Bertz CT molecular complexity index is 454. The summed E-state index contributed by atoms with van der Waals surface area (Å²) >= 11 is 0. The van der Waals surface area contributed by atoms with Crippen LogP contribution >= 0.6 is 0 Å². The molecule has 0 aliphatic carbocycles. The van der Waals surface area contributed by atoms with Crippen molar-refractivity contribution >= 4 is 11.5 Å². The molecule has 110 valence electrons. The van der Waals surface area contributed by atoms with Crippen LogP contribution in [0.25, 0.3) is 0 Å². The molecule has 4 nitrogen and oxygen atoms in total. The summed E-state index contributed by atoms with van der Waals surface area (Å²) in [6.07, 6.45) is 3.24. The fourth-order valence-corrected chi connectivity index (χ4v) is 3.13. The van der Waals surface area contributed by atoms with Crippen LogP contribution in [0.15, 0.2) is 18.3 Å². The van der Waals surface area contributed by atoms with Crippen molar-refractivity contribution in [3.8, 4) is 0 Å². The summed E-state index contributed by atoms with van der Waals surface area (Å²) in [6.45, 7) is 11.1. The Balaban J connectivity index is 1.66. The van der Waals surface area contributed by atoms with Crippen molar-refractivity contribution in [3.05, 3.63) is 18.3 Å². The van der Waals surface area contributed by atoms with Crippen LogP contribution < -0.4 is 15.5 Å². The van der Waals surface area contributed by atoms with Gasteiger partial charge < -0.3 is 15.5 Å². The Hall–Kier alpha value is -1.29. The van der Waals surface area contributed by atoms with E-state index in [2.05, 4.69) is 53.4 Å². The standard InChI is InChI=1S/C16H26N4/c1-16(2,3)11-19-15-8-13(5-7-18-15)20-9-12-4-6-17-14(12)10-20/h5,7-8,12,14,17H,4,6,9-11H2,1-3H3,(H,18,19)/t12-,14+/m1/s1. The average molecular weight is 274 g/mol. The molecule has 2 N–H and O–H groups in total. The number of pyridine rings is 1. The van der Waals surface area contributed by atoms with E-state index >= 15 is 0 Å². The highest BCUT2D eigenvalue weighted by molar-refractivity contribution is 5.55. The van der Waals surface area contributed by atoms with E-state index in [0.717, 1.165) is 24.8 Å². The predicted octanol–water partition coefficient (Wildman–Crippen LogP) is 2.34. The third-order valence-corrected chi connectivity index (χ3v) is 4.27. The maximum atomic E-state index is 4.43. The molecule has 0 saturated carbocycles. The fraction of sp³-hybridized carbons (Fsp3) is 0.688. The Kier molecular flexibility index (Phi) is 3.59. The van der Waals surface area contributed by atoms with Crippen LogP contribution in [0.4, 0.5) is 11.5 Å². The maximum absolute atomic E-state index is 4.43. The summed E-state index contributed by atoms with van der Waals surface area (Å²) in [5.74, 6) is 1.82. The lowest BCUT2D eigenvalue weighted by Gasteiger charge is -2.22. The molecule has 0 radical (unpaired) electrons. The van der Waals surface area contributed by atoms with Crippen molar-refractivity contribution in [2.24, 2.45) is 11.3 Å². The van der Waals surface area contributed by atoms with E-state index in [9.17, 15) is 0 Å². The third-order valence-electron chi connectivity index (χ3n) is 4.27. The molecule has 0 aromatic carbocycles. The van der Waals surface area contributed by atoms with E-state index in [1.54, 1.807) is 0 Å². The van der Waals surface area contributed by atoms with Gasteiger partial charge in [0.2, 0.25) is 0 Å². The molecule has 0 amide bonds. The number of fused-ring (bicyclic) bond motifs is 1. The minimum atomic E-state index is 0.270. The van der Waals surface area contributed by atoms with Crippen molar-refractivity contribution in [2.45, 2.75) is 33.2 Å². The van der Waals surface area contributed by atoms with Gasteiger partial charge in [-0.2, -0.15) is 0 Å². The lowest BCUT2D eigenvalue weighted by Crippen LogP contribution is -2.30. The highest BCUT2D eigenvalue weighted by Crippen LogP contribution is 2.29. The average Bonchev–Trinajstić information content (AvgIpc) is 2.96. The van der Waals surface area contributed by atoms with Gasteiger partial charge in [-0.25, -0.2) is 4.98 Å². The van der Waals surface area contributed by atoms with Gasteiger partial charge in [0.25, 0.3) is 0 Å². The van der Waals surface area contributed by atoms with Crippen LogP contribution in [0.1, 0.15) is 27.2 Å². The van der Waals surface area contributed by atoms with Gasteiger partial charge in [0.1, 0.15) is 5.82 Å². The number of aromatic nitrogens is 1. The molecule has 0 unspecified atom stereocenters.